The summed E-state index contributed by atoms with van der Waals surface area (Å²) in [6.07, 6.45) is 3.54. The van der Waals surface area contributed by atoms with Gasteiger partial charge in [-0.05, 0) is 31.0 Å². The lowest BCUT2D eigenvalue weighted by Crippen LogP contribution is -2.29. The van der Waals surface area contributed by atoms with Gasteiger partial charge in [0.2, 0.25) is 0 Å². The van der Waals surface area contributed by atoms with Gasteiger partial charge >= 0.3 is 5.97 Å². The molecule has 0 aliphatic rings. The fraction of sp³-hybridized carbons (Fsp3) is 0.556. The minimum Gasteiger partial charge on any atom is -0.480 e. The lowest BCUT2D eigenvalue weighted by Gasteiger charge is -2.13. The molecule has 7 nitrogen and oxygen atoms in total. The molecule has 0 radical (unpaired) electrons. The molecule has 1 aromatic rings. The molecule has 0 fully saturated rings. The molecule has 1 aromatic heterocycles. The van der Waals surface area contributed by atoms with Crippen molar-refractivity contribution >= 4 is 11.8 Å². The Morgan fingerprint density at radius 2 is 2.38 bits per heavy atom. The number of carbonyl (C=O) groups is 1. The summed E-state index contributed by atoms with van der Waals surface area (Å²) in [5, 5.41) is 22.4. The Bertz CT molecular complexity index is 319. The van der Waals surface area contributed by atoms with Crippen LogP contribution < -0.4 is 11.1 Å². The average Bonchev–Trinajstić information content (AvgIpc) is 2.29. The third kappa shape index (κ3) is 4.18. The third-order valence-electron chi connectivity index (χ3n) is 2.07. The van der Waals surface area contributed by atoms with E-state index in [4.69, 9.17) is 10.8 Å². The van der Waals surface area contributed by atoms with Crippen LogP contribution in [0.3, 0.4) is 0 Å². The van der Waals surface area contributed by atoms with Crippen molar-refractivity contribution in [3.8, 4) is 0 Å². The summed E-state index contributed by atoms with van der Waals surface area (Å²) in [6, 6.07) is 0.912. The van der Waals surface area contributed by atoms with Gasteiger partial charge in [0.1, 0.15) is 6.04 Å². The molecular weight excluding hydrogens is 210 g/mol. The second-order valence-electron chi connectivity index (χ2n) is 3.33. The molecule has 0 saturated heterocycles. The highest BCUT2D eigenvalue weighted by atomic mass is 16.4. The Morgan fingerprint density at radius 1 is 1.56 bits per heavy atom. The van der Waals surface area contributed by atoms with Crippen molar-refractivity contribution in [2.45, 2.75) is 25.3 Å². The fourth-order valence-corrected chi connectivity index (χ4v) is 1.25. The zero-order chi connectivity index (χ0) is 11.8. The molecule has 4 N–H and O–H groups in total. The van der Waals surface area contributed by atoms with Gasteiger partial charge in [0.25, 0.3) is 0 Å². The number of aliphatic carboxylic acids is 1. The molecule has 16 heavy (non-hydrogen) atoms. The molecule has 0 aromatic carbocycles. The lowest BCUT2D eigenvalue weighted by atomic mass is 10.1. The number of rotatable bonds is 7. The maximum absolute atomic E-state index is 10.9. The van der Waals surface area contributed by atoms with Gasteiger partial charge in [0, 0.05) is 6.07 Å². The van der Waals surface area contributed by atoms with E-state index in [0.717, 1.165) is 12.8 Å². The minimum absolute atomic E-state index is 0.412. The van der Waals surface area contributed by atoms with Crippen molar-refractivity contribution in [3.63, 3.8) is 0 Å². The topological polar surface area (TPSA) is 114 Å². The zero-order valence-electron chi connectivity index (χ0n) is 8.83. The van der Waals surface area contributed by atoms with Crippen molar-refractivity contribution in [2.75, 3.05) is 11.9 Å². The van der Waals surface area contributed by atoms with E-state index in [9.17, 15) is 4.79 Å². The first-order valence-electron chi connectivity index (χ1n) is 5.08. The normalized spacial score (nSPS) is 12.1. The van der Waals surface area contributed by atoms with Crippen LogP contribution in [0.25, 0.3) is 0 Å². The van der Waals surface area contributed by atoms with Crippen LogP contribution in [0.15, 0.2) is 12.3 Å². The monoisotopic (exact) mass is 225 g/mol. The standard InChI is InChI=1S/C9H15N5O2/c10-5-2-1-3-7(9(15)16)12-8-4-6-11-14-13-8/h4,6-7H,1-3,5,10H2,(H,15,16)(H,11,12,13)/t7-/m0/s1. The van der Waals surface area contributed by atoms with Crippen LogP contribution in [-0.2, 0) is 4.79 Å². The van der Waals surface area contributed by atoms with Crippen LogP contribution in [0, 0.1) is 0 Å². The first kappa shape index (κ1) is 12.3. The molecule has 0 aliphatic carbocycles. The largest absolute Gasteiger partial charge is 0.480 e. The summed E-state index contributed by atoms with van der Waals surface area (Å²) in [5.74, 6) is -0.495. The number of hydrogen-bond acceptors (Lipinski definition) is 6. The summed E-state index contributed by atoms with van der Waals surface area (Å²) < 4.78 is 0. The Morgan fingerprint density at radius 3 is 2.94 bits per heavy atom. The van der Waals surface area contributed by atoms with Crippen LogP contribution in [0.5, 0.6) is 0 Å². The molecule has 0 bridgehead atoms. The SMILES string of the molecule is NCCCC[C@H](Nc1ccnnn1)C(=O)O. The molecule has 88 valence electrons. The highest BCUT2D eigenvalue weighted by Crippen LogP contribution is 2.07. The molecule has 1 heterocycles. The van der Waals surface area contributed by atoms with E-state index in [2.05, 4.69) is 20.7 Å². The number of nitrogens with two attached hydrogens (primary N) is 1. The van der Waals surface area contributed by atoms with Gasteiger partial charge in [-0.15, -0.1) is 10.2 Å². The van der Waals surface area contributed by atoms with E-state index in [1.807, 2.05) is 0 Å². The highest BCUT2D eigenvalue weighted by molar-refractivity contribution is 5.76. The maximum atomic E-state index is 10.9. The van der Waals surface area contributed by atoms with Gasteiger partial charge in [-0.3, -0.25) is 0 Å². The van der Waals surface area contributed by atoms with Gasteiger partial charge in [0.15, 0.2) is 5.82 Å². The number of anilines is 1. The van der Waals surface area contributed by atoms with Crippen molar-refractivity contribution < 1.29 is 9.90 Å². The molecule has 0 unspecified atom stereocenters. The van der Waals surface area contributed by atoms with Crippen molar-refractivity contribution in [1.29, 1.82) is 0 Å². The van der Waals surface area contributed by atoms with Gasteiger partial charge in [-0.1, -0.05) is 0 Å². The number of hydrogen-bond donors (Lipinski definition) is 3. The van der Waals surface area contributed by atoms with Gasteiger partial charge < -0.3 is 16.2 Å². The smallest absolute Gasteiger partial charge is 0.326 e. The summed E-state index contributed by atoms with van der Waals surface area (Å²) in [4.78, 5) is 10.9. The maximum Gasteiger partial charge on any atom is 0.326 e. The molecule has 0 spiro atoms. The second-order valence-corrected chi connectivity index (χ2v) is 3.33. The van der Waals surface area contributed by atoms with Crippen molar-refractivity contribution in [3.05, 3.63) is 12.3 Å². The van der Waals surface area contributed by atoms with Crippen molar-refractivity contribution in [2.24, 2.45) is 5.73 Å². The summed E-state index contributed by atoms with van der Waals surface area (Å²) in [6.45, 7) is 0.571. The summed E-state index contributed by atoms with van der Waals surface area (Å²) in [7, 11) is 0. The third-order valence-corrected chi connectivity index (χ3v) is 2.07. The van der Waals surface area contributed by atoms with E-state index in [-0.39, 0.29) is 0 Å². The van der Waals surface area contributed by atoms with E-state index in [1.165, 1.54) is 6.20 Å². The first-order chi connectivity index (χ1) is 7.74. The Kier molecular flexibility index (Phi) is 5.13. The van der Waals surface area contributed by atoms with Crippen LogP contribution in [0.2, 0.25) is 0 Å². The van der Waals surface area contributed by atoms with E-state index in [0.29, 0.717) is 18.8 Å². The van der Waals surface area contributed by atoms with Crippen molar-refractivity contribution in [1.82, 2.24) is 15.4 Å². The molecule has 1 rings (SSSR count). The molecule has 0 amide bonds. The number of unbranched alkanes of at least 4 members (excludes halogenated alkanes) is 1. The van der Waals surface area contributed by atoms with Crippen LogP contribution in [-0.4, -0.2) is 39.1 Å². The quantitative estimate of drug-likeness (QED) is 0.553. The average molecular weight is 225 g/mol. The molecule has 1 atom stereocenters. The molecule has 0 saturated carbocycles. The minimum atomic E-state index is -0.907. The van der Waals surface area contributed by atoms with E-state index < -0.39 is 12.0 Å². The lowest BCUT2D eigenvalue weighted by molar-refractivity contribution is -0.138. The van der Waals surface area contributed by atoms with E-state index in [1.54, 1.807) is 6.07 Å². The number of carboxylic acid groups (broad SMARTS) is 1. The van der Waals surface area contributed by atoms with Crippen LogP contribution in [0.1, 0.15) is 19.3 Å². The second kappa shape index (κ2) is 6.67. The molecule has 0 aliphatic heterocycles. The molecule has 7 heteroatoms. The molecular formula is C9H15N5O2. The Hall–Kier alpha value is -1.76. The zero-order valence-corrected chi connectivity index (χ0v) is 8.83. The Balaban J connectivity index is 2.48. The van der Waals surface area contributed by atoms with Crippen LogP contribution >= 0.6 is 0 Å². The van der Waals surface area contributed by atoms with Gasteiger partial charge in [-0.25, -0.2) is 4.79 Å². The van der Waals surface area contributed by atoms with Gasteiger partial charge in [-0.2, -0.15) is 0 Å². The number of carboxylic acids is 1. The summed E-state index contributed by atoms with van der Waals surface area (Å²) >= 11 is 0. The summed E-state index contributed by atoms with van der Waals surface area (Å²) in [5.41, 5.74) is 5.34. The predicted molar refractivity (Wildman–Crippen MR) is 57.8 cm³/mol. The van der Waals surface area contributed by atoms with Crippen LogP contribution in [0.4, 0.5) is 5.82 Å². The number of nitrogens with zero attached hydrogens (tertiary/aromatic N) is 3. The van der Waals surface area contributed by atoms with Gasteiger partial charge in [0.05, 0.1) is 6.20 Å². The highest BCUT2D eigenvalue weighted by Gasteiger charge is 2.16. The Labute approximate surface area is 93.1 Å². The fourth-order valence-electron chi connectivity index (χ4n) is 1.25. The predicted octanol–water partition coefficient (Wildman–Crippen LogP) is -0.134. The van der Waals surface area contributed by atoms with E-state index >= 15 is 0 Å². The first-order valence-corrected chi connectivity index (χ1v) is 5.08. The number of nitrogens with one attached hydrogen (secondary N) is 1. The number of aromatic nitrogens is 3.